The Kier molecular flexibility index (Phi) is 4.35. The molecule has 0 saturated heterocycles. The highest BCUT2D eigenvalue weighted by molar-refractivity contribution is 7.98. The third-order valence-electron chi connectivity index (χ3n) is 1.93. The van der Waals surface area contributed by atoms with Gasteiger partial charge in [-0.25, -0.2) is 8.78 Å². The highest BCUT2D eigenvalue weighted by Crippen LogP contribution is 2.23. The summed E-state index contributed by atoms with van der Waals surface area (Å²) in [7, 11) is 0. The van der Waals surface area contributed by atoms with Crippen molar-refractivity contribution in [3.8, 4) is 0 Å². The van der Waals surface area contributed by atoms with E-state index in [1.807, 2.05) is 0 Å². The van der Waals surface area contributed by atoms with Crippen molar-refractivity contribution in [3.05, 3.63) is 29.3 Å². The number of rotatable bonds is 4. The van der Waals surface area contributed by atoms with Crippen LogP contribution in [0.2, 0.25) is 0 Å². The highest BCUT2D eigenvalue weighted by Gasteiger charge is 2.08. The largest absolute Gasteiger partial charge is 0.396 e. The third-order valence-corrected chi connectivity index (χ3v) is 2.68. The molecule has 0 aromatic heterocycles. The molecule has 0 aliphatic rings. The fourth-order valence-electron chi connectivity index (χ4n) is 1.19. The Bertz CT molecular complexity index is 315. The number of aryl methyl sites for hydroxylation is 1. The van der Waals surface area contributed by atoms with Crippen LogP contribution in [0, 0.1) is 11.6 Å². The van der Waals surface area contributed by atoms with E-state index in [1.54, 1.807) is 6.26 Å². The van der Waals surface area contributed by atoms with E-state index >= 15 is 0 Å². The summed E-state index contributed by atoms with van der Waals surface area (Å²) in [5.41, 5.74) is 0.328. The van der Waals surface area contributed by atoms with Crippen LogP contribution in [0.25, 0.3) is 0 Å². The molecule has 1 aromatic carbocycles. The zero-order chi connectivity index (χ0) is 10.6. The first-order chi connectivity index (χ1) is 6.69. The molecule has 1 nitrogen and oxygen atoms in total. The second kappa shape index (κ2) is 5.32. The van der Waals surface area contributed by atoms with Gasteiger partial charge in [0.25, 0.3) is 0 Å². The van der Waals surface area contributed by atoms with Gasteiger partial charge >= 0.3 is 0 Å². The lowest BCUT2D eigenvalue weighted by Crippen LogP contribution is -1.96. The quantitative estimate of drug-likeness (QED) is 0.784. The molecule has 0 aliphatic heterocycles. The fourth-order valence-corrected chi connectivity index (χ4v) is 1.66. The van der Waals surface area contributed by atoms with Gasteiger partial charge in [0.1, 0.15) is 11.6 Å². The number of hydrogen-bond acceptors (Lipinski definition) is 2. The lowest BCUT2D eigenvalue weighted by atomic mass is 10.1. The SMILES string of the molecule is CSc1cc(F)c(CCCO)cc1F. The summed E-state index contributed by atoms with van der Waals surface area (Å²) in [6.45, 7) is -0.00859. The average molecular weight is 218 g/mol. The maximum Gasteiger partial charge on any atom is 0.137 e. The predicted molar refractivity (Wildman–Crippen MR) is 53.5 cm³/mol. The molecule has 14 heavy (non-hydrogen) atoms. The summed E-state index contributed by atoms with van der Waals surface area (Å²) in [5.74, 6) is -0.795. The van der Waals surface area contributed by atoms with Crippen molar-refractivity contribution in [2.75, 3.05) is 12.9 Å². The minimum atomic E-state index is -0.399. The molecule has 0 unspecified atom stereocenters. The van der Waals surface area contributed by atoms with Crippen molar-refractivity contribution in [3.63, 3.8) is 0 Å². The van der Waals surface area contributed by atoms with Gasteiger partial charge in [-0.15, -0.1) is 11.8 Å². The van der Waals surface area contributed by atoms with Crippen LogP contribution >= 0.6 is 11.8 Å². The molecule has 78 valence electrons. The van der Waals surface area contributed by atoms with Gasteiger partial charge in [-0.1, -0.05) is 0 Å². The number of aliphatic hydroxyl groups excluding tert-OH is 1. The molecule has 0 fully saturated rings. The number of thioether (sulfide) groups is 1. The summed E-state index contributed by atoms with van der Waals surface area (Å²) in [6.07, 6.45) is 2.52. The smallest absolute Gasteiger partial charge is 0.137 e. The van der Waals surface area contributed by atoms with Crippen molar-refractivity contribution < 1.29 is 13.9 Å². The standard InChI is InChI=1S/C10H12F2OS/c1-14-10-6-8(11)7(3-2-4-13)5-9(10)12/h5-6,13H,2-4H2,1H3. The van der Waals surface area contributed by atoms with Gasteiger partial charge in [0.15, 0.2) is 0 Å². The fraction of sp³-hybridized carbons (Fsp3) is 0.400. The van der Waals surface area contributed by atoms with E-state index < -0.39 is 11.6 Å². The molecule has 0 radical (unpaired) electrons. The van der Waals surface area contributed by atoms with E-state index in [9.17, 15) is 8.78 Å². The number of benzene rings is 1. The molecule has 0 amide bonds. The average Bonchev–Trinajstić information content (AvgIpc) is 2.18. The van der Waals surface area contributed by atoms with Gasteiger partial charge in [-0.05, 0) is 36.8 Å². The Balaban J connectivity index is 2.90. The summed E-state index contributed by atoms with van der Waals surface area (Å²) in [5, 5.41) is 8.57. The second-order valence-electron chi connectivity index (χ2n) is 2.91. The number of hydrogen-bond donors (Lipinski definition) is 1. The number of halogens is 2. The van der Waals surface area contributed by atoms with Crippen molar-refractivity contribution >= 4 is 11.8 Å². The molecule has 1 N–H and O–H groups in total. The normalized spacial score (nSPS) is 10.6. The maximum atomic E-state index is 13.3. The summed E-state index contributed by atoms with van der Waals surface area (Å²) in [4.78, 5) is 0.315. The zero-order valence-electron chi connectivity index (χ0n) is 7.89. The predicted octanol–water partition coefficient (Wildman–Crippen LogP) is 2.61. The number of aliphatic hydroxyl groups is 1. The Labute approximate surface area is 86.1 Å². The molecule has 0 bridgehead atoms. The first kappa shape index (κ1) is 11.5. The van der Waals surface area contributed by atoms with Gasteiger partial charge in [0, 0.05) is 11.5 Å². The minimum Gasteiger partial charge on any atom is -0.396 e. The molecular weight excluding hydrogens is 206 g/mol. The molecule has 0 heterocycles. The van der Waals surface area contributed by atoms with E-state index in [1.165, 1.54) is 23.9 Å². The lowest BCUT2D eigenvalue weighted by molar-refractivity contribution is 0.288. The van der Waals surface area contributed by atoms with Crippen LogP contribution in [-0.2, 0) is 6.42 Å². The first-order valence-corrected chi connectivity index (χ1v) is 5.54. The van der Waals surface area contributed by atoms with Crippen LogP contribution in [0.3, 0.4) is 0 Å². The second-order valence-corrected chi connectivity index (χ2v) is 3.75. The van der Waals surface area contributed by atoms with Gasteiger partial charge in [-0.2, -0.15) is 0 Å². The van der Waals surface area contributed by atoms with Crippen LogP contribution in [0.1, 0.15) is 12.0 Å². The summed E-state index contributed by atoms with van der Waals surface area (Å²) >= 11 is 1.18. The molecule has 4 heteroatoms. The van der Waals surface area contributed by atoms with Crippen LogP contribution in [0.15, 0.2) is 17.0 Å². The summed E-state index contributed by atoms with van der Waals surface area (Å²) in [6, 6.07) is 2.41. The van der Waals surface area contributed by atoms with E-state index in [0.29, 0.717) is 23.3 Å². The molecular formula is C10H12F2OS. The Hall–Kier alpha value is -0.610. The van der Waals surface area contributed by atoms with Gasteiger partial charge in [0.05, 0.1) is 0 Å². The van der Waals surface area contributed by atoms with Gasteiger partial charge in [0.2, 0.25) is 0 Å². The summed E-state index contributed by atoms with van der Waals surface area (Å²) < 4.78 is 26.5. The van der Waals surface area contributed by atoms with Crippen LogP contribution in [-0.4, -0.2) is 18.0 Å². The third kappa shape index (κ3) is 2.69. The van der Waals surface area contributed by atoms with E-state index in [4.69, 9.17) is 5.11 Å². The van der Waals surface area contributed by atoms with Crippen LogP contribution < -0.4 is 0 Å². The Morgan fingerprint density at radius 3 is 2.57 bits per heavy atom. The lowest BCUT2D eigenvalue weighted by Gasteiger charge is -2.05. The Morgan fingerprint density at radius 2 is 2.00 bits per heavy atom. The van der Waals surface area contributed by atoms with Crippen LogP contribution in [0.5, 0.6) is 0 Å². The monoisotopic (exact) mass is 218 g/mol. The van der Waals surface area contributed by atoms with Gasteiger partial charge < -0.3 is 5.11 Å². The van der Waals surface area contributed by atoms with E-state index in [2.05, 4.69) is 0 Å². The molecule has 0 aliphatic carbocycles. The first-order valence-electron chi connectivity index (χ1n) is 4.31. The van der Waals surface area contributed by atoms with Crippen molar-refractivity contribution in [1.82, 2.24) is 0 Å². The zero-order valence-corrected chi connectivity index (χ0v) is 8.70. The van der Waals surface area contributed by atoms with E-state index in [0.717, 1.165) is 0 Å². The Morgan fingerprint density at radius 1 is 1.29 bits per heavy atom. The molecule has 0 saturated carbocycles. The topological polar surface area (TPSA) is 20.2 Å². The van der Waals surface area contributed by atoms with Crippen molar-refractivity contribution in [2.45, 2.75) is 17.7 Å². The van der Waals surface area contributed by atoms with Gasteiger partial charge in [-0.3, -0.25) is 0 Å². The maximum absolute atomic E-state index is 13.3. The van der Waals surface area contributed by atoms with E-state index in [-0.39, 0.29) is 6.61 Å². The molecule has 0 atom stereocenters. The molecule has 1 aromatic rings. The van der Waals surface area contributed by atoms with Crippen LogP contribution in [0.4, 0.5) is 8.78 Å². The molecule has 0 spiro atoms. The molecule has 1 rings (SSSR count). The van der Waals surface area contributed by atoms with Crippen molar-refractivity contribution in [2.24, 2.45) is 0 Å². The highest BCUT2D eigenvalue weighted by atomic mass is 32.2. The van der Waals surface area contributed by atoms with Crippen molar-refractivity contribution in [1.29, 1.82) is 0 Å². The minimum absolute atomic E-state index is 0.00859.